The Bertz CT molecular complexity index is 443. The van der Waals surface area contributed by atoms with Gasteiger partial charge >= 0.3 is 6.03 Å². The molecular weight excluding hydrogens is 247 g/mol. The number of carbonyl (C=O) groups is 1. The van der Waals surface area contributed by atoms with Crippen LogP contribution in [0.3, 0.4) is 0 Å². The predicted molar refractivity (Wildman–Crippen MR) is 72.0 cm³/mol. The van der Waals surface area contributed by atoms with E-state index in [2.05, 4.69) is 5.32 Å². The number of ether oxygens (including phenoxy) is 1. The van der Waals surface area contributed by atoms with Gasteiger partial charge in [0.1, 0.15) is 11.6 Å². The summed E-state index contributed by atoms with van der Waals surface area (Å²) in [7, 11) is 1.45. The fourth-order valence-corrected chi connectivity index (χ4v) is 2.24. The Morgan fingerprint density at radius 1 is 1.26 bits per heavy atom. The van der Waals surface area contributed by atoms with E-state index in [0.717, 1.165) is 25.9 Å². The van der Waals surface area contributed by atoms with Crippen molar-refractivity contribution < 1.29 is 13.9 Å². The van der Waals surface area contributed by atoms with E-state index in [9.17, 15) is 9.18 Å². The smallest absolute Gasteiger partial charge is 0.321 e. The van der Waals surface area contributed by atoms with Gasteiger partial charge in [-0.05, 0) is 25.0 Å². The molecule has 1 aromatic carbocycles. The van der Waals surface area contributed by atoms with Crippen LogP contribution in [0.1, 0.15) is 25.7 Å². The van der Waals surface area contributed by atoms with Crippen LogP contribution in [0, 0.1) is 5.82 Å². The topological polar surface area (TPSA) is 41.6 Å². The summed E-state index contributed by atoms with van der Waals surface area (Å²) in [5.74, 6) is -0.0483. The van der Waals surface area contributed by atoms with Crippen LogP contribution in [0.25, 0.3) is 0 Å². The lowest BCUT2D eigenvalue weighted by molar-refractivity contribution is 0.213. The second-order valence-corrected chi connectivity index (χ2v) is 4.68. The Balaban J connectivity index is 2.05. The van der Waals surface area contributed by atoms with Gasteiger partial charge in [0.05, 0.1) is 12.8 Å². The molecule has 1 fully saturated rings. The summed E-state index contributed by atoms with van der Waals surface area (Å²) in [5.41, 5.74) is 0.498. The zero-order chi connectivity index (χ0) is 13.7. The number of halogens is 1. The number of rotatable bonds is 2. The highest BCUT2D eigenvalue weighted by Crippen LogP contribution is 2.25. The van der Waals surface area contributed by atoms with Crippen LogP contribution in [0.5, 0.6) is 5.75 Å². The van der Waals surface area contributed by atoms with Gasteiger partial charge in [-0.25, -0.2) is 9.18 Å². The maximum absolute atomic E-state index is 13.1. The van der Waals surface area contributed by atoms with Crippen molar-refractivity contribution in [1.29, 1.82) is 0 Å². The van der Waals surface area contributed by atoms with Crippen LogP contribution in [0.15, 0.2) is 18.2 Å². The van der Waals surface area contributed by atoms with E-state index in [0.29, 0.717) is 11.4 Å². The van der Waals surface area contributed by atoms with Gasteiger partial charge in [-0.1, -0.05) is 12.8 Å². The van der Waals surface area contributed by atoms with Crippen molar-refractivity contribution in [2.24, 2.45) is 0 Å². The van der Waals surface area contributed by atoms with Gasteiger partial charge < -0.3 is 15.0 Å². The minimum absolute atomic E-state index is 0.146. The van der Waals surface area contributed by atoms with E-state index in [-0.39, 0.29) is 11.8 Å². The van der Waals surface area contributed by atoms with E-state index in [1.54, 1.807) is 4.90 Å². The monoisotopic (exact) mass is 266 g/mol. The van der Waals surface area contributed by atoms with Gasteiger partial charge in [-0.3, -0.25) is 0 Å². The van der Waals surface area contributed by atoms with E-state index in [1.165, 1.54) is 38.2 Å². The quantitative estimate of drug-likeness (QED) is 0.892. The minimum atomic E-state index is -0.385. The molecule has 2 amide bonds. The molecule has 1 aliphatic heterocycles. The van der Waals surface area contributed by atoms with E-state index >= 15 is 0 Å². The van der Waals surface area contributed by atoms with Crippen LogP contribution in [-0.4, -0.2) is 31.1 Å². The summed E-state index contributed by atoms with van der Waals surface area (Å²) >= 11 is 0. The Kier molecular flexibility index (Phi) is 4.60. The molecule has 4 nitrogen and oxygen atoms in total. The van der Waals surface area contributed by atoms with Crippen molar-refractivity contribution in [3.63, 3.8) is 0 Å². The summed E-state index contributed by atoms with van der Waals surface area (Å²) < 4.78 is 18.1. The van der Waals surface area contributed by atoms with Gasteiger partial charge in [0.15, 0.2) is 0 Å². The Morgan fingerprint density at radius 2 is 1.95 bits per heavy atom. The number of anilines is 1. The highest BCUT2D eigenvalue weighted by atomic mass is 19.1. The Labute approximate surface area is 112 Å². The van der Waals surface area contributed by atoms with E-state index in [1.807, 2.05) is 0 Å². The fraction of sp³-hybridized carbons (Fsp3) is 0.500. The van der Waals surface area contributed by atoms with Gasteiger partial charge in [0.2, 0.25) is 0 Å². The highest BCUT2D eigenvalue weighted by Gasteiger charge is 2.17. The first kappa shape index (κ1) is 13.6. The Hall–Kier alpha value is -1.78. The number of likely N-dealkylation sites (tertiary alicyclic amines) is 1. The molecule has 1 aliphatic rings. The number of nitrogens with zero attached hydrogens (tertiary/aromatic N) is 1. The minimum Gasteiger partial charge on any atom is -0.494 e. The second-order valence-electron chi connectivity index (χ2n) is 4.68. The molecule has 2 rings (SSSR count). The molecule has 1 N–H and O–H groups in total. The fourth-order valence-electron chi connectivity index (χ4n) is 2.24. The summed E-state index contributed by atoms with van der Waals surface area (Å²) in [6, 6.07) is 3.94. The van der Waals surface area contributed by atoms with Crippen LogP contribution < -0.4 is 10.1 Å². The number of methoxy groups -OCH3 is 1. The summed E-state index contributed by atoms with van der Waals surface area (Å²) in [5, 5.41) is 2.78. The number of hydrogen-bond acceptors (Lipinski definition) is 2. The lowest BCUT2D eigenvalue weighted by Gasteiger charge is -2.21. The predicted octanol–water partition coefficient (Wildman–Crippen LogP) is 3.24. The molecule has 0 spiro atoms. The number of benzene rings is 1. The number of urea groups is 1. The van der Waals surface area contributed by atoms with Gasteiger partial charge in [0.25, 0.3) is 0 Å². The lowest BCUT2D eigenvalue weighted by Crippen LogP contribution is -2.35. The summed E-state index contributed by atoms with van der Waals surface area (Å²) in [6.07, 6.45) is 4.41. The van der Waals surface area contributed by atoms with Crippen molar-refractivity contribution in [1.82, 2.24) is 4.90 Å². The first-order valence-corrected chi connectivity index (χ1v) is 6.60. The number of nitrogens with one attached hydrogen (secondary N) is 1. The molecule has 0 bridgehead atoms. The average Bonchev–Trinajstić information content (AvgIpc) is 2.69. The molecule has 1 saturated heterocycles. The molecule has 0 saturated carbocycles. The molecule has 1 aromatic rings. The third-order valence-electron chi connectivity index (χ3n) is 3.30. The summed E-state index contributed by atoms with van der Waals surface area (Å²) in [6.45, 7) is 1.55. The summed E-state index contributed by atoms with van der Waals surface area (Å²) in [4.78, 5) is 13.9. The van der Waals surface area contributed by atoms with Crippen LogP contribution in [0.4, 0.5) is 14.9 Å². The number of amides is 2. The van der Waals surface area contributed by atoms with Gasteiger partial charge in [0, 0.05) is 19.2 Å². The van der Waals surface area contributed by atoms with Crippen LogP contribution in [0.2, 0.25) is 0 Å². The lowest BCUT2D eigenvalue weighted by atomic mass is 10.2. The zero-order valence-corrected chi connectivity index (χ0v) is 11.1. The third kappa shape index (κ3) is 3.59. The number of hydrogen-bond donors (Lipinski definition) is 1. The third-order valence-corrected chi connectivity index (χ3v) is 3.30. The molecule has 0 aromatic heterocycles. The average molecular weight is 266 g/mol. The van der Waals surface area contributed by atoms with Crippen LogP contribution >= 0.6 is 0 Å². The molecule has 0 aliphatic carbocycles. The maximum atomic E-state index is 13.1. The van der Waals surface area contributed by atoms with Gasteiger partial charge in [-0.15, -0.1) is 0 Å². The molecule has 104 valence electrons. The van der Waals surface area contributed by atoms with Crippen molar-refractivity contribution in [2.75, 3.05) is 25.5 Å². The largest absolute Gasteiger partial charge is 0.494 e. The molecule has 1 heterocycles. The SMILES string of the molecule is COc1cc(F)ccc1NC(=O)N1CCCCCC1. The molecule has 5 heteroatoms. The number of carbonyl (C=O) groups excluding carboxylic acids is 1. The van der Waals surface area contributed by atoms with E-state index < -0.39 is 0 Å². The maximum Gasteiger partial charge on any atom is 0.321 e. The van der Waals surface area contributed by atoms with Crippen molar-refractivity contribution in [3.05, 3.63) is 24.0 Å². The molecule has 0 atom stereocenters. The highest BCUT2D eigenvalue weighted by molar-refractivity contribution is 5.91. The zero-order valence-electron chi connectivity index (χ0n) is 11.1. The van der Waals surface area contributed by atoms with Gasteiger partial charge in [-0.2, -0.15) is 0 Å². The molecular formula is C14H19FN2O2. The molecule has 19 heavy (non-hydrogen) atoms. The standard InChI is InChI=1S/C14H19FN2O2/c1-19-13-10-11(15)6-7-12(13)16-14(18)17-8-4-2-3-5-9-17/h6-7,10H,2-5,8-9H2,1H3,(H,16,18). The van der Waals surface area contributed by atoms with Crippen molar-refractivity contribution >= 4 is 11.7 Å². The molecule has 0 unspecified atom stereocenters. The molecule has 0 radical (unpaired) electrons. The van der Waals surface area contributed by atoms with Crippen molar-refractivity contribution in [3.8, 4) is 5.75 Å². The van der Waals surface area contributed by atoms with E-state index in [4.69, 9.17) is 4.74 Å². The van der Waals surface area contributed by atoms with Crippen molar-refractivity contribution in [2.45, 2.75) is 25.7 Å². The second kappa shape index (κ2) is 6.41. The first-order chi connectivity index (χ1) is 9.20. The Morgan fingerprint density at radius 3 is 2.58 bits per heavy atom. The first-order valence-electron chi connectivity index (χ1n) is 6.60. The van der Waals surface area contributed by atoms with Crippen LogP contribution in [-0.2, 0) is 0 Å². The normalized spacial score (nSPS) is 15.8.